The molecular weight excluding hydrogens is 522 g/mol. The van der Waals surface area contributed by atoms with Gasteiger partial charge in [-0.2, -0.15) is 5.06 Å². The van der Waals surface area contributed by atoms with Gasteiger partial charge < -0.3 is 19.5 Å². The first-order valence-corrected chi connectivity index (χ1v) is 13.8. The van der Waals surface area contributed by atoms with E-state index >= 15 is 0 Å². The Morgan fingerprint density at radius 2 is 1.56 bits per heavy atom. The number of hydroxylamine groups is 2. The fourth-order valence-electron chi connectivity index (χ4n) is 4.45. The van der Waals surface area contributed by atoms with Crippen molar-refractivity contribution in [3.63, 3.8) is 0 Å². The minimum atomic E-state index is -0.800. The van der Waals surface area contributed by atoms with Gasteiger partial charge in [0.05, 0.1) is 13.7 Å². The fourth-order valence-corrected chi connectivity index (χ4v) is 4.45. The maximum Gasteiger partial charge on any atom is 0.513 e. The van der Waals surface area contributed by atoms with E-state index in [4.69, 9.17) is 19.0 Å². The Morgan fingerprint density at radius 3 is 2.17 bits per heavy atom. The summed E-state index contributed by atoms with van der Waals surface area (Å²) in [5, 5.41) is 4.98. The summed E-state index contributed by atoms with van der Waals surface area (Å²) >= 11 is 0. The normalized spacial score (nSPS) is 14.2. The molecule has 1 saturated heterocycles. The second-order valence-electron chi connectivity index (χ2n) is 9.40. The number of hydrogen-bond acceptors (Lipinski definition) is 8. The van der Waals surface area contributed by atoms with Gasteiger partial charge in [-0.3, -0.25) is 14.5 Å². The number of carbonyl (C=O) groups is 2. The molecule has 1 fully saturated rings. The smallest absolute Gasteiger partial charge is 0.493 e. The number of carbonyl (C=O) groups excluding carboxylic acids is 2. The summed E-state index contributed by atoms with van der Waals surface area (Å²) in [5.41, 5.74) is 2.97. The number of nitrogens with zero attached hydrogens (tertiary/aromatic N) is 2. The number of methoxy groups -OCH3 is 1. The molecule has 0 saturated carbocycles. The molecule has 1 heterocycles. The number of piperazine rings is 1. The average Bonchev–Trinajstić information content (AvgIpc) is 3.01. The topological polar surface area (TPSA) is 89.6 Å². The first-order valence-electron chi connectivity index (χ1n) is 13.8. The lowest BCUT2D eigenvalue weighted by Crippen LogP contribution is -2.48. The van der Waals surface area contributed by atoms with Crippen LogP contribution < -0.4 is 14.8 Å². The van der Waals surface area contributed by atoms with Crippen LogP contribution in [0.5, 0.6) is 11.5 Å². The third-order valence-electron chi connectivity index (χ3n) is 6.59. The summed E-state index contributed by atoms with van der Waals surface area (Å²) in [6.07, 6.45) is 2.19. The summed E-state index contributed by atoms with van der Waals surface area (Å²) < 4.78 is 15.2. The van der Waals surface area contributed by atoms with Gasteiger partial charge >= 0.3 is 6.16 Å². The molecule has 4 rings (SSSR count). The van der Waals surface area contributed by atoms with Gasteiger partial charge in [0.25, 0.3) is 0 Å². The van der Waals surface area contributed by atoms with E-state index in [0.717, 1.165) is 49.4 Å². The molecule has 0 aromatic heterocycles. The summed E-state index contributed by atoms with van der Waals surface area (Å²) in [6, 6.07) is 25.5. The van der Waals surface area contributed by atoms with Crippen molar-refractivity contribution >= 4 is 18.1 Å². The Hall–Kier alpha value is -4.18. The van der Waals surface area contributed by atoms with Gasteiger partial charge in [-0.15, -0.1) is 0 Å². The molecule has 0 unspecified atom stereocenters. The lowest BCUT2D eigenvalue weighted by atomic mass is 10.0. The zero-order valence-electron chi connectivity index (χ0n) is 23.5. The standard InChI is InChI=1S/C32H37N3O6/c1-3-39-32(37)40-28-16-14-25(24-29(28)38-2)15-17-30(36)33-18-19-34-20-22-35(23-21-34)41-31(26-10-6-4-7-11-26)27-12-8-5-9-13-27/h4-17,24,31H,3,18-23H2,1-2H3,(H,33,36). The van der Waals surface area contributed by atoms with Gasteiger partial charge in [0, 0.05) is 45.3 Å². The van der Waals surface area contributed by atoms with Gasteiger partial charge in [-0.1, -0.05) is 66.7 Å². The Labute approximate surface area is 241 Å². The molecule has 0 radical (unpaired) electrons. The van der Waals surface area contributed by atoms with Gasteiger partial charge in [0.15, 0.2) is 11.5 Å². The predicted octanol–water partition coefficient (Wildman–Crippen LogP) is 4.70. The van der Waals surface area contributed by atoms with Crippen molar-refractivity contribution in [3.05, 3.63) is 102 Å². The second-order valence-corrected chi connectivity index (χ2v) is 9.40. The van der Waals surface area contributed by atoms with Crippen LogP contribution in [0.1, 0.15) is 29.7 Å². The first-order chi connectivity index (χ1) is 20.1. The largest absolute Gasteiger partial charge is 0.513 e. The van der Waals surface area contributed by atoms with Gasteiger partial charge in [-0.25, -0.2) is 4.79 Å². The first kappa shape index (κ1) is 29.8. The van der Waals surface area contributed by atoms with E-state index in [0.29, 0.717) is 12.3 Å². The van der Waals surface area contributed by atoms with E-state index in [9.17, 15) is 9.59 Å². The van der Waals surface area contributed by atoms with Gasteiger partial charge in [0.2, 0.25) is 5.91 Å². The van der Waals surface area contributed by atoms with E-state index in [2.05, 4.69) is 34.5 Å². The number of nitrogens with one attached hydrogen (secondary N) is 1. The Balaban J connectivity index is 1.20. The minimum absolute atomic E-state index is 0.156. The van der Waals surface area contributed by atoms with Crippen LogP contribution in [0.15, 0.2) is 84.9 Å². The van der Waals surface area contributed by atoms with Crippen molar-refractivity contribution in [2.45, 2.75) is 13.0 Å². The molecule has 1 aliphatic heterocycles. The summed E-state index contributed by atoms with van der Waals surface area (Å²) in [5.74, 6) is 0.419. The molecular formula is C32H37N3O6. The van der Waals surface area contributed by atoms with Crippen LogP contribution in [0.25, 0.3) is 6.08 Å². The van der Waals surface area contributed by atoms with E-state index < -0.39 is 6.16 Å². The molecule has 1 aliphatic rings. The molecule has 41 heavy (non-hydrogen) atoms. The number of ether oxygens (including phenoxy) is 3. The second kappa shape index (κ2) is 15.6. The molecule has 1 N–H and O–H groups in total. The van der Waals surface area contributed by atoms with Crippen LogP contribution in [-0.4, -0.2) is 75.0 Å². The monoisotopic (exact) mass is 559 g/mol. The molecule has 9 nitrogen and oxygen atoms in total. The maximum absolute atomic E-state index is 12.4. The lowest BCUT2D eigenvalue weighted by molar-refractivity contribution is -0.203. The zero-order valence-corrected chi connectivity index (χ0v) is 23.5. The van der Waals surface area contributed by atoms with Crippen LogP contribution in [0, 0.1) is 0 Å². The molecule has 3 aromatic carbocycles. The third-order valence-corrected chi connectivity index (χ3v) is 6.59. The van der Waals surface area contributed by atoms with Crippen molar-refractivity contribution in [1.29, 1.82) is 0 Å². The lowest BCUT2D eigenvalue weighted by Gasteiger charge is -2.36. The van der Waals surface area contributed by atoms with E-state index in [1.165, 1.54) is 13.2 Å². The molecule has 0 spiro atoms. The summed E-state index contributed by atoms with van der Waals surface area (Å²) in [7, 11) is 1.48. The number of benzene rings is 3. The summed E-state index contributed by atoms with van der Waals surface area (Å²) in [4.78, 5) is 32.7. The van der Waals surface area contributed by atoms with Crippen molar-refractivity contribution in [1.82, 2.24) is 15.3 Å². The SMILES string of the molecule is CCOC(=O)Oc1ccc(C=CC(=O)NCCN2CCN(OC(c3ccccc3)c3ccccc3)CC2)cc1OC. The van der Waals surface area contributed by atoms with E-state index in [1.54, 1.807) is 31.2 Å². The highest BCUT2D eigenvalue weighted by Gasteiger charge is 2.23. The molecule has 0 aliphatic carbocycles. The molecule has 0 bridgehead atoms. The molecule has 0 atom stereocenters. The van der Waals surface area contributed by atoms with Crippen molar-refractivity contribution in [2.24, 2.45) is 0 Å². The zero-order chi connectivity index (χ0) is 28.9. The molecule has 9 heteroatoms. The van der Waals surface area contributed by atoms with Gasteiger partial charge in [0.1, 0.15) is 6.10 Å². The Kier molecular flexibility index (Phi) is 11.3. The third kappa shape index (κ3) is 9.18. The van der Waals surface area contributed by atoms with Gasteiger partial charge in [-0.05, 0) is 41.8 Å². The Morgan fingerprint density at radius 1 is 0.902 bits per heavy atom. The number of amides is 1. The maximum atomic E-state index is 12.4. The molecule has 3 aromatic rings. The van der Waals surface area contributed by atoms with Crippen LogP contribution in [0.4, 0.5) is 4.79 Å². The van der Waals surface area contributed by atoms with Crippen LogP contribution in [-0.2, 0) is 14.4 Å². The van der Waals surface area contributed by atoms with Crippen LogP contribution in [0.2, 0.25) is 0 Å². The highest BCUT2D eigenvalue weighted by molar-refractivity contribution is 5.91. The fraction of sp³-hybridized carbons (Fsp3) is 0.312. The summed E-state index contributed by atoms with van der Waals surface area (Å²) in [6.45, 7) is 6.46. The predicted molar refractivity (Wildman–Crippen MR) is 157 cm³/mol. The average molecular weight is 560 g/mol. The van der Waals surface area contributed by atoms with Crippen molar-refractivity contribution < 1.29 is 28.6 Å². The van der Waals surface area contributed by atoms with E-state index in [-0.39, 0.29) is 24.4 Å². The number of hydrogen-bond donors (Lipinski definition) is 1. The highest BCUT2D eigenvalue weighted by atomic mass is 16.7. The van der Waals surface area contributed by atoms with E-state index in [1.807, 2.05) is 41.5 Å². The molecule has 216 valence electrons. The molecule has 1 amide bonds. The van der Waals surface area contributed by atoms with Crippen LogP contribution in [0.3, 0.4) is 0 Å². The number of rotatable bonds is 12. The highest BCUT2D eigenvalue weighted by Crippen LogP contribution is 2.29. The Bertz CT molecular complexity index is 1240. The van der Waals surface area contributed by atoms with Crippen molar-refractivity contribution in [2.75, 3.05) is 53.0 Å². The van der Waals surface area contributed by atoms with Crippen LogP contribution >= 0.6 is 0 Å². The van der Waals surface area contributed by atoms with Crippen molar-refractivity contribution in [3.8, 4) is 11.5 Å². The minimum Gasteiger partial charge on any atom is -0.493 e. The quantitative estimate of drug-likeness (QED) is 0.194.